The van der Waals surface area contributed by atoms with Crippen LogP contribution in [0.5, 0.6) is 0 Å². The van der Waals surface area contributed by atoms with Gasteiger partial charge in [0, 0.05) is 18.4 Å². The lowest BCUT2D eigenvalue weighted by atomic mass is 10.1. The number of benzene rings is 1. The Balaban J connectivity index is 2.71. The van der Waals surface area contributed by atoms with E-state index in [9.17, 15) is 8.42 Å². The third-order valence-electron chi connectivity index (χ3n) is 2.92. The fraction of sp³-hybridized carbons (Fsp3) is 0.412. The molecule has 1 rings (SSSR count). The van der Waals surface area contributed by atoms with Gasteiger partial charge in [0.05, 0.1) is 11.0 Å². The normalized spacial score (nSPS) is 13.1. The van der Waals surface area contributed by atoms with Gasteiger partial charge in [-0.25, -0.2) is 8.42 Å². The number of unbranched alkanes of at least 4 members (excludes halogenated alkanes) is 1. The molecular weight excluding hydrogens is 300 g/mol. The molecule has 1 aromatic carbocycles. The summed E-state index contributed by atoms with van der Waals surface area (Å²) in [4.78, 5) is 0.262. The van der Waals surface area contributed by atoms with Crippen LogP contribution >= 0.6 is 0 Å². The van der Waals surface area contributed by atoms with Crippen LogP contribution in [0.4, 0.5) is 0 Å². The standard InChI is InChI=1S/C17H22O4S/c1-3-5-7-10-16(21-15-20-4-2)13-14-22(18,19)17-11-8-6-9-12-17/h1,6,8-9,11-14,16H,4-5,7,10,15H2,2H3/b14-13+. The molecule has 1 aromatic rings. The molecule has 5 heteroatoms. The summed E-state index contributed by atoms with van der Waals surface area (Å²) in [5, 5.41) is 1.19. The van der Waals surface area contributed by atoms with Crippen LogP contribution in [0.1, 0.15) is 26.2 Å². The third kappa shape index (κ3) is 6.90. The summed E-state index contributed by atoms with van der Waals surface area (Å²) in [7, 11) is -3.46. The van der Waals surface area contributed by atoms with Crippen molar-refractivity contribution in [2.45, 2.75) is 37.2 Å². The summed E-state index contributed by atoms with van der Waals surface area (Å²) in [6.07, 6.45) is 8.50. The minimum Gasteiger partial charge on any atom is -0.356 e. The SMILES string of the molecule is C#CCCCC(/C=C/S(=O)(=O)c1ccccc1)OCOCC. The lowest BCUT2D eigenvalue weighted by molar-refractivity contribution is -0.0735. The lowest BCUT2D eigenvalue weighted by Crippen LogP contribution is -2.13. The van der Waals surface area contributed by atoms with E-state index < -0.39 is 9.84 Å². The Morgan fingerprint density at radius 3 is 2.68 bits per heavy atom. The smallest absolute Gasteiger partial charge is 0.199 e. The zero-order valence-electron chi connectivity index (χ0n) is 12.8. The molecule has 0 saturated heterocycles. The van der Waals surface area contributed by atoms with Crippen molar-refractivity contribution in [1.82, 2.24) is 0 Å². The first-order valence-corrected chi connectivity index (χ1v) is 8.76. The molecule has 0 fully saturated rings. The molecule has 0 aromatic heterocycles. The highest BCUT2D eigenvalue weighted by Gasteiger charge is 2.11. The van der Waals surface area contributed by atoms with Gasteiger partial charge in [0.25, 0.3) is 0 Å². The number of terminal acetylenes is 1. The zero-order valence-corrected chi connectivity index (χ0v) is 13.6. The number of sulfone groups is 1. The Kier molecular flexibility index (Phi) is 8.53. The average Bonchev–Trinajstić information content (AvgIpc) is 2.53. The predicted molar refractivity (Wildman–Crippen MR) is 86.8 cm³/mol. The van der Waals surface area contributed by atoms with Crippen molar-refractivity contribution in [3.05, 3.63) is 41.8 Å². The van der Waals surface area contributed by atoms with Gasteiger partial charge >= 0.3 is 0 Å². The van der Waals surface area contributed by atoms with E-state index in [-0.39, 0.29) is 17.8 Å². The van der Waals surface area contributed by atoms with Gasteiger partial charge < -0.3 is 9.47 Å². The molecule has 0 aliphatic rings. The highest BCUT2D eigenvalue weighted by Crippen LogP contribution is 2.14. The van der Waals surface area contributed by atoms with Crippen LogP contribution in [0, 0.1) is 12.3 Å². The van der Waals surface area contributed by atoms with E-state index in [4.69, 9.17) is 15.9 Å². The van der Waals surface area contributed by atoms with Gasteiger partial charge in [-0.3, -0.25) is 0 Å². The molecule has 1 unspecified atom stereocenters. The molecular formula is C17H22O4S. The molecule has 0 radical (unpaired) electrons. The topological polar surface area (TPSA) is 52.6 Å². The van der Waals surface area contributed by atoms with Gasteiger partial charge in [0.1, 0.15) is 6.79 Å². The van der Waals surface area contributed by atoms with Crippen molar-refractivity contribution >= 4 is 9.84 Å². The van der Waals surface area contributed by atoms with Crippen LogP contribution in [0.25, 0.3) is 0 Å². The highest BCUT2D eigenvalue weighted by molar-refractivity contribution is 7.94. The molecule has 0 N–H and O–H groups in total. The largest absolute Gasteiger partial charge is 0.356 e. The average molecular weight is 322 g/mol. The monoisotopic (exact) mass is 322 g/mol. The molecule has 1 atom stereocenters. The summed E-state index contributed by atoms with van der Waals surface area (Å²) in [6.45, 7) is 2.54. The second-order valence-electron chi connectivity index (χ2n) is 4.60. The van der Waals surface area contributed by atoms with Crippen molar-refractivity contribution in [2.24, 2.45) is 0 Å². The quantitative estimate of drug-likeness (QED) is 0.377. The Hall–Kier alpha value is -1.61. The minimum atomic E-state index is -3.46. The molecule has 22 heavy (non-hydrogen) atoms. The summed E-state index contributed by atoms with van der Waals surface area (Å²) in [5.41, 5.74) is 0. The van der Waals surface area contributed by atoms with Gasteiger partial charge in [-0.15, -0.1) is 12.3 Å². The van der Waals surface area contributed by atoms with E-state index in [1.54, 1.807) is 36.4 Å². The Bertz CT molecular complexity index is 585. The molecule has 0 heterocycles. The van der Waals surface area contributed by atoms with Crippen LogP contribution in [0.3, 0.4) is 0 Å². The van der Waals surface area contributed by atoms with E-state index in [1.165, 1.54) is 5.41 Å². The van der Waals surface area contributed by atoms with Crippen LogP contribution in [-0.4, -0.2) is 27.9 Å². The fourth-order valence-electron chi connectivity index (χ4n) is 1.74. The van der Waals surface area contributed by atoms with Gasteiger partial charge in [0.15, 0.2) is 9.84 Å². The lowest BCUT2D eigenvalue weighted by Gasteiger charge is -2.13. The highest BCUT2D eigenvalue weighted by atomic mass is 32.2. The van der Waals surface area contributed by atoms with Crippen molar-refractivity contribution in [3.63, 3.8) is 0 Å². The maximum absolute atomic E-state index is 12.2. The summed E-state index contributed by atoms with van der Waals surface area (Å²) in [6, 6.07) is 8.28. The van der Waals surface area contributed by atoms with Gasteiger partial charge in [0.2, 0.25) is 0 Å². The molecule has 0 amide bonds. The van der Waals surface area contributed by atoms with Gasteiger partial charge in [-0.2, -0.15) is 0 Å². The van der Waals surface area contributed by atoms with E-state index in [2.05, 4.69) is 5.92 Å². The van der Waals surface area contributed by atoms with Crippen molar-refractivity contribution in [1.29, 1.82) is 0 Å². The van der Waals surface area contributed by atoms with Crippen LogP contribution in [0.15, 0.2) is 46.7 Å². The summed E-state index contributed by atoms with van der Waals surface area (Å²) >= 11 is 0. The Labute approximate surface area is 133 Å². The molecule has 4 nitrogen and oxygen atoms in total. The van der Waals surface area contributed by atoms with E-state index in [0.717, 1.165) is 6.42 Å². The Morgan fingerprint density at radius 1 is 1.32 bits per heavy atom. The van der Waals surface area contributed by atoms with E-state index >= 15 is 0 Å². The third-order valence-corrected chi connectivity index (χ3v) is 4.37. The van der Waals surface area contributed by atoms with Crippen LogP contribution in [0.2, 0.25) is 0 Å². The maximum atomic E-state index is 12.2. The molecule has 0 saturated carbocycles. The first-order chi connectivity index (χ1) is 10.6. The number of rotatable bonds is 10. The van der Waals surface area contributed by atoms with Gasteiger partial charge in [-0.1, -0.05) is 18.2 Å². The molecule has 0 aliphatic heterocycles. The molecule has 0 aliphatic carbocycles. The zero-order chi connectivity index (χ0) is 16.3. The fourth-order valence-corrected chi connectivity index (χ4v) is 2.81. The summed E-state index contributed by atoms with van der Waals surface area (Å²) in [5.74, 6) is 2.56. The molecule has 0 bridgehead atoms. The number of hydrogen-bond donors (Lipinski definition) is 0. The summed E-state index contributed by atoms with van der Waals surface area (Å²) < 4.78 is 35.0. The first-order valence-electron chi connectivity index (χ1n) is 7.21. The first kappa shape index (κ1) is 18.4. The molecule has 0 spiro atoms. The number of hydrogen-bond acceptors (Lipinski definition) is 4. The minimum absolute atomic E-state index is 0.132. The van der Waals surface area contributed by atoms with Crippen LogP contribution in [-0.2, 0) is 19.3 Å². The van der Waals surface area contributed by atoms with Crippen molar-refractivity contribution in [3.8, 4) is 12.3 Å². The maximum Gasteiger partial charge on any atom is 0.199 e. The van der Waals surface area contributed by atoms with Crippen molar-refractivity contribution < 1.29 is 17.9 Å². The number of ether oxygens (including phenoxy) is 2. The molecule has 120 valence electrons. The predicted octanol–water partition coefficient (Wildman–Crippen LogP) is 3.16. The second kappa shape index (κ2) is 10.2. The second-order valence-corrected chi connectivity index (χ2v) is 6.43. The van der Waals surface area contributed by atoms with E-state index in [0.29, 0.717) is 19.4 Å². The van der Waals surface area contributed by atoms with Gasteiger partial charge in [-0.05, 0) is 38.0 Å². The Morgan fingerprint density at radius 2 is 2.05 bits per heavy atom. The van der Waals surface area contributed by atoms with E-state index in [1.807, 2.05) is 6.92 Å². The van der Waals surface area contributed by atoms with Crippen molar-refractivity contribution in [2.75, 3.05) is 13.4 Å². The van der Waals surface area contributed by atoms with Crippen LogP contribution < -0.4 is 0 Å².